The topological polar surface area (TPSA) is 96.0 Å². The molecule has 1 atom stereocenters. The number of ether oxygens (including phenoxy) is 1. The molecule has 0 aliphatic heterocycles. The highest BCUT2D eigenvalue weighted by molar-refractivity contribution is 7.92. The maximum absolute atomic E-state index is 14.0. The number of hydrogen-bond acceptors (Lipinski definition) is 5. The molecule has 10 heteroatoms. The van der Waals surface area contributed by atoms with E-state index < -0.39 is 34.1 Å². The Bertz CT molecular complexity index is 1440. The third-order valence-corrected chi connectivity index (χ3v) is 8.48. The predicted octanol–water partition coefficient (Wildman–Crippen LogP) is 5.18. The van der Waals surface area contributed by atoms with Gasteiger partial charge < -0.3 is 15.0 Å². The van der Waals surface area contributed by atoms with Crippen molar-refractivity contribution in [1.82, 2.24) is 10.2 Å². The monoisotopic (exact) mass is 585 g/mol. The summed E-state index contributed by atoms with van der Waals surface area (Å²) in [4.78, 5) is 28.6. The number of carbonyl (C=O) groups excluding carboxylic acids is 2. The number of halogens is 1. The highest BCUT2D eigenvalue weighted by atomic mass is 35.5. The van der Waals surface area contributed by atoms with Crippen LogP contribution in [0.3, 0.4) is 0 Å². The van der Waals surface area contributed by atoms with Crippen LogP contribution in [0.15, 0.2) is 77.7 Å². The van der Waals surface area contributed by atoms with E-state index in [9.17, 15) is 18.0 Å². The highest BCUT2D eigenvalue weighted by Crippen LogP contribution is 2.31. The van der Waals surface area contributed by atoms with Gasteiger partial charge in [0.15, 0.2) is 0 Å². The van der Waals surface area contributed by atoms with Crippen molar-refractivity contribution in [1.29, 1.82) is 0 Å². The Labute approximate surface area is 241 Å². The van der Waals surface area contributed by atoms with Crippen molar-refractivity contribution in [3.63, 3.8) is 0 Å². The van der Waals surface area contributed by atoms with Gasteiger partial charge in [-0.15, -0.1) is 0 Å². The van der Waals surface area contributed by atoms with E-state index >= 15 is 0 Å². The van der Waals surface area contributed by atoms with Gasteiger partial charge >= 0.3 is 0 Å². The molecule has 0 spiro atoms. The summed E-state index contributed by atoms with van der Waals surface area (Å²) in [5.41, 5.74) is 1.01. The van der Waals surface area contributed by atoms with Crippen molar-refractivity contribution in [3.8, 4) is 5.75 Å². The summed E-state index contributed by atoms with van der Waals surface area (Å²) in [5.74, 6) is -0.256. The zero-order valence-corrected chi connectivity index (χ0v) is 25.2. The van der Waals surface area contributed by atoms with Crippen LogP contribution in [0.2, 0.25) is 5.02 Å². The van der Waals surface area contributed by atoms with Gasteiger partial charge in [-0.25, -0.2) is 8.42 Å². The quantitative estimate of drug-likeness (QED) is 0.353. The fraction of sp³-hybridized carbons (Fsp3) is 0.333. The van der Waals surface area contributed by atoms with Crippen molar-refractivity contribution in [2.75, 3.05) is 18.0 Å². The van der Waals surface area contributed by atoms with E-state index in [0.29, 0.717) is 16.3 Å². The van der Waals surface area contributed by atoms with Crippen LogP contribution in [0, 0.1) is 6.92 Å². The van der Waals surface area contributed by atoms with Crippen molar-refractivity contribution < 1.29 is 22.7 Å². The first-order chi connectivity index (χ1) is 18.7. The average molecular weight is 586 g/mol. The Morgan fingerprint density at radius 1 is 0.975 bits per heavy atom. The average Bonchev–Trinajstić information content (AvgIpc) is 2.91. The Morgan fingerprint density at radius 2 is 1.60 bits per heavy atom. The minimum Gasteiger partial charge on any atom is -0.497 e. The van der Waals surface area contributed by atoms with Crippen LogP contribution in [0.4, 0.5) is 5.69 Å². The van der Waals surface area contributed by atoms with E-state index in [2.05, 4.69) is 5.32 Å². The molecule has 3 aromatic rings. The first-order valence-electron chi connectivity index (χ1n) is 12.8. The van der Waals surface area contributed by atoms with E-state index in [1.165, 1.54) is 17.0 Å². The summed E-state index contributed by atoms with van der Waals surface area (Å²) in [7, 11) is -2.61. The van der Waals surface area contributed by atoms with Crippen molar-refractivity contribution in [3.05, 3.63) is 88.9 Å². The second-order valence-electron chi connectivity index (χ2n) is 10.5. The lowest BCUT2D eigenvalue weighted by atomic mass is 10.1. The Morgan fingerprint density at radius 3 is 2.17 bits per heavy atom. The number of methoxy groups -OCH3 is 1. The number of hydrogen-bond donors (Lipinski definition) is 1. The van der Waals surface area contributed by atoms with Crippen molar-refractivity contribution >= 4 is 39.1 Å². The van der Waals surface area contributed by atoms with Crippen LogP contribution < -0.4 is 14.4 Å². The molecule has 40 heavy (non-hydrogen) atoms. The molecule has 0 saturated heterocycles. The minimum absolute atomic E-state index is 0.0300. The molecule has 1 N–H and O–H groups in total. The fourth-order valence-electron chi connectivity index (χ4n) is 4.08. The van der Waals surface area contributed by atoms with E-state index in [1.54, 1.807) is 81.6 Å². The lowest BCUT2D eigenvalue weighted by Gasteiger charge is -2.34. The smallest absolute Gasteiger partial charge is 0.264 e. The van der Waals surface area contributed by atoms with E-state index in [4.69, 9.17) is 16.3 Å². The summed E-state index contributed by atoms with van der Waals surface area (Å²) in [6.45, 7) is 8.42. The van der Waals surface area contributed by atoms with Gasteiger partial charge in [0.25, 0.3) is 10.0 Å². The highest BCUT2D eigenvalue weighted by Gasteiger charge is 2.34. The molecule has 0 heterocycles. The predicted molar refractivity (Wildman–Crippen MR) is 158 cm³/mol. The van der Waals surface area contributed by atoms with Crippen LogP contribution in [-0.2, 0) is 26.2 Å². The first-order valence-corrected chi connectivity index (χ1v) is 14.6. The summed E-state index contributed by atoms with van der Waals surface area (Å²) in [6.07, 6.45) is 0. The number of benzene rings is 3. The standard InChI is InChI=1S/C30H36ClN3O5S/c1-21-26(31)13-10-14-27(21)34(40(37,38)25-11-8-7-9-12-25)20-28(35)33(22(2)29(36)32-30(3,4)5)19-23-15-17-24(39-6)18-16-23/h7-18,22H,19-20H2,1-6H3,(H,32,36)/t22-/m1/s1. The normalized spacial score (nSPS) is 12.4. The minimum atomic E-state index is -4.17. The maximum atomic E-state index is 14.0. The van der Waals surface area contributed by atoms with E-state index in [0.717, 1.165) is 9.87 Å². The molecule has 3 rings (SSSR count). The van der Waals surface area contributed by atoms with Crippen LogP contribution >= 0.6 is 11.6 Å². The third-order valence-electron chi connectivity index (χ3n) is 6.30. The van der Waals surface area contributed by atoms with Crippen LogP contribution in [0.5, 0.6) is 5.75 Å². The van der Waals surface area contributed by atoms with E-state index in [1.807, 2.05) is 20.8 Å². The van der Waals surface area contributed by atoms with Gasteiger partial charge in [0, 0.05) is 17.1 Å². The van der Waals surface area contributed by atoms with Gasteiger partial charge in [-0.2, -0.15) is 0 Å². The largest absolute Gasteiger partial charge is 0.497 e. The molecule has 0 fully saturated rings. The molecule has 0 unspecified atom stereocenters. The molecule has 3 aromatic carbocycles. The summed E-state index contributed by atoms with van der Waals surface area (Å²) in [6, 6.07) is 19.0. The molecule has 0 bridgehead atoms. The van der Waals surface area contributed by atoms with Crippen LogP contribution in [0.1, 0.15) is 38.8 Å². The molecule has 0 aliphatic rings. The number of nitrogens with zero attached hydrogens (tertiary/aromatic N) is 2. The number of amides is 2. The number of nitrogens with one attached hydrogen (secondary N) is 1. The second-order valence-corrected chi connectivity index (χ2v) is 12.8. The van der Waals surface area contributed by atoms with Crippen molar-refractivity contribution in [2.24, 2.45) is 0 Å². The Hall–Kier alpha value is -3.56. The van der Waals surface area contributed by atoms with Crippen molar-refractivity contribution in [2.45, 2.75) is 57.6 Å². The van der Waals surface area contributed by atoms with Crippen LogP contribution in [-0.4, -0.2) is 50.4 Å². The lowest BCUT2D eigenvalue weighted by molar-refractivity contribution is -0.140. The third kappa shape index (κ3) is 7.55. The molecule has 0 radical (unpaired) electrons. The van der Waals surface area contributed by atoms with Gasteiger partial charge in [-0.1, -0.05) is 48.0 Å². The zero-order chi connectivity index (χ0) is 29.7. The maximum Gasteiger partial charge on any atom is 0.264 e. The first kappa shape index (κ1) is 31.0. The number of carbonyl (C=O) groups is 2. The zero-order valence-electron chi connectivity index (χ0n) is 23.6. The summed E-state index contributed by atoms with van der Waals surface area (Å²) >= 11 is 6.36. The van der Waals surface area contributed by atoms with E-state index in [-0.39, 0.29) is 23.0 Å². The number of sulfonamides is 1. The Balaban J connectivity index is 2.06. The lowest BCUT2D eigenvalue weighted by Crippen LogP contribution is -2.54. The summed E-state index contributed by atoms with van der Waals surface area (Å²) < 4.78 is 34.1. The van der Waals surface area contributed by atoms with Gasteiger partial charge in [0.2, 0.25) is 11.8 Å². The second kappa shape index (κ2) is 12.7. The fourth-order valence-corrected chi connectivity index (χ4v) is 5.75. The molecule has 8 nitrogen and oxygen atoms in total. The van der Waals surface area contributed by atoms with Gasteiger partial charge in [0.05, 0.1) is 17.7 Å². The van der Waals surface area contributed by atoms with Crippen LogP contribution in [0.25, 0.3) is 0 Å². The summed E-state index contributed by atoms with van der Waals surface area (Å²) in [5, 5.41) is 3.28. The molecule has 0 aromatic heterocycles. The van der Waals surface area contributed by atoms with Gasteiger partial charge in [0.1, 0.15) is 18.3 Å². The molecular formula is C30H36ClN3O5S. The number of rotatable bonds is 10. The van der Waals surface area contributed by atoms with Gasteiger partial charge in [-0.05, 0) is 82.1 Å². The molecule has 0 saturated carbocycles. The molecule has 2 amide bonds. The van der Waals surface area contributed by atoms with Gasteiger partial charge in [-0.3, -0.25) is 13.9 Å². The molecule has 0 aliphatic carbocycles. The number of anilines is 1. The molecular weight excluding hydrogens is 550 g/mol. The Kier molecular flexibility index (Phi) is 9.87. The SMILES string of the molecule is COc1ccc(CN(C(=O)CN(c2cccc(Cl)c2C)S(=O)(=O)c2ccccc2)[C@H](C)C(=O)NC(C)(C)C)cc1. The molecule has 214 valence electrons.